The quantitative estimate of drug-likeness (QED) is 0.642. The fourth-order valence-electron chi connectivity index (χ4n) is 2.36. The first-order chi connectivity index (χ1) is 7.88. The van der Waals surface area contributed by atoms with Crippen molar-refractivity contribution in [2.45, 2.75) is 45.6 Å². The summed E-state index contributed by atoms with van der Waals surface area (Å²) in [5, 5.41) is 3.43. The van der Waals surface area contributed by atoms with E-state index in [-0.39, 0.29) is 0 Å². The van der Waals surface area contributed by atoms with Gasteiger partial charge in [-0.05, 0) is 45.3 Å². The molecule has 1 rings (SSSR count). The van der Waals surface area contributed by atoms with E-state index in [4.69, 9.17) is 4.74 Å². The van der Waals surface area contributed by atoms with Crippen LogP contribution in [0.15, 0.2) is 0 Å². The summed E-state index contributed by atoms with van der Waals surface area (Å²) in [6.07, 6.45) is 4.97. The lowest BCUT2D eigenvalue weighted by Gasteiger charge is -2.34. The third-order valence-corrected chi connectivity index (χ3v) is 3.21. The summed E-state index contributed by atoms with van der Waals surface area (Å²) in [4.78, 5) is 2.62. The second kappa shape index (κ2) is 8.97. The summed E-state index contributed by atoms with van der Waals surface area (Å²) in [7, 11) is 0. The Morgan fingerprint density at radius 1 is 1.06 bits per heavy atom. The molecule has 1 saturated heterocycles. The number of piperidine rings is 1. The van der Waals surface area contributed by atoms with Gasteiger partial charge in [0.15, 0.2) is 0 Å². The monoisotopic (exact) mass is 228 g/mol. The Labute approximate surface area is 101 Å². The molecule has 1 aliphatic heterocycles. The van der Waals surface area contributed by atoms with Crippen LogP contribution in [0.4, 0.5) is 0 Å². The molecule has 0 radical (unpaired) electrons. The third kappa shape index (κ3) is 5.28. The Balaban J connectivity index is 2.22. The number of hydrogen-bond donors (Lipinski definition) is 1. The van der Waals surface area contributed by atoms with Crippen LogP contribution in [0.2, 0.25) is 0 Å². The van der Waals surface area contributed by atoms with Crippen LogP contribution in [0.3, 0.4) is 0 Å². The molecule has 0 amide bonds. The maximum Gasteiger partial charge on any atom is 0.0593 e. The van der Waals surface area contributed by atoms with Gasteiger partial charge in [-0.2, -0.15) is 0 Å². The minimum absolute atomic E-state index is 0.784. The van der Waals surface area contributed by atoms with Crippen molar-refractivity contribution in [3.63, 3.8) is 0 Å². The van der Waals surface area contributed by atoms with Crippen molar-refractivity contribution in [1.29, 1.82) is 0 Å². The highest BCUT2D eigenvalue weighted by atomic mass is 16.5. The molecule has 0 atom stereocenters. The second-order valence-electron chi connectivity index (χ2n) is 4.63. The van der Waals surface area contributed by atoms with Gasteiger partial charge < -0.3 is 10.1 Å². The van der Waals surface area contributed by atoms with E-state index in [2.05, 4.69) is 24.1 Å². The predicted molar refractivity (Wildman–Crippen MR) is 68.9 cm³/mol. The van der Waals surface area contributed by atoms with Gasteiger partial charge in [0.05, 0.1) is 6.61 Å². The number of rotatable bonds is 8. The fraction of sp³-hybridized carbons (Fsp3) is 1.00. The molecule has 1 heterocycles. The van der Waals surface area contributed by atoms with Crippen LogP contribution in [0, 0.1) is 0 Å². The summed E-state index contributed by atoms with van der Waals surface area (Å²) < 4.78 is 5.59. The van der Waals surface area contributed by atoms with Crippen molar-refractivity contribution in [3.05, 3.63) is 0 Å². The summed E-state index contributed by atoms with van der Waals surface area (Å²) in [5.41, 5.74) is 0. The van der Waals surface area contributed by atoms with E-state index >= 15 is 0 Å². The maximum absolute atomic E-state index is 5.59. The Morgan fingerprint density at radius 3 is 2.44 bits per heavy atom. The largest absolute Gasteiger partial charge is 0.380 e. The molecule has 1 N–H and O–H groups in total. The van der Waals surface area contributed by atoms with Crippen LogP contribution in [0.25, 0.3) is 0 Å². The molecule has 1 aliphatic rings. The van der Waals surface area contributed by atoms with E-state index in [1.807, 2.05) is 0 Å². The van der Waals surface area contributed by atoms with Crippen LogP contribution >= 0.6 is 0 Å². The Hall–Kier alpha value is -0.120. The Morgan fingerprint density at radius 2 is 1.81 bits per heavy atom. The minimum atomic E-state index is 0.784. The predicted octanol–water partition coefficient (Wildman–Crippen LogP) is 1.88. The van der Waals surface area contributed by atoms with Gasteiger partial charge in [0.2, 0.25) is 0 Å². The number of ether oxygens (including phenoxy) is 1. The minimum Gasteiger partial charge on any atom is -0.380 e. The fourth-order valence-corrected chi connectivity index (χ4v) is 2.36. The van der Waals surface area contributed by atoms with Crippen molar-refractivity contribution in [2.24, 2.45) is 0 Å². The van der Waals surface area contributed by atoms with Gasteiger partial charge in [-0.1, -0.05) is 13.8 Å². The highest BCUT2D eigenvalue weighted by Crippen LogP contribution is 2.11. The van der Waals surface area contributed by atoms with Gasteiger partial charge in [0, 0.05) is 19.2 Å². The van der Waals surface area contributed by atoms with Crippen molar-refractivity contribution < 1.29 is 4.74 Å². The van der Waals surface area contributed by atoms with Gasteiger partial charge >= 0.3 is 0 Å². The van der Waals surface area contributed by atoms with Crippen LogP contribution in [-0.4, -0.2) is 50.3 Å². The average molecular weight is 228 g/mol. The average Bonchev–Trinajstić information content (AvgIpc) is 2.34. The molecule has 0 spiro atoms. The second-order valence-corrected chi connectivity index (χ2v) is 4.63. The Bertz CT molecular complexity index is 158. The molecule has 3 heteroatoms. The molecule has 16 heavy (non-hydrogen) atoms. The van der Waals surface area contributed by atoms with Gasteiger partial charge in [-0.3, -0.25) is 4.90 Å². The molecular weight excluding hydrogens is 200 g/mol. The standard InChI is InChI=1S/C13H28N2O/c1-3-9-15(10-12-16-11-4-2)13-5-7-14-8-6-13/h13-14H,3-12H2,1-2H3. The Kier molecular flexibility index (Phi) is 7.81. The maximum atomic E-state index is 5.59. The SMILES string of the molecule is CCCOCCN(CCC)C1CCNCC1. The van der Waals surface area contributed by atoms with Crippen LogP contribution < -0.4 is 5.32 Å². The van der Waals surface area contributed by atoms with E-state index in [0.29, 0.717) is 0 Å². The first-order valence-corrected chi connectivity index (χ1v) is 6.91. The van der Waals surface area contributed by atoms with E-state index in [1.165, 1.54) is 38.9 Å². The highest BCUT2D eigenvalue weighted by Gasteiger charge is 2.19. The first-order valence-electron chi connectivity index (χ1n) is 6.91. The summed E-state index contributed by atoms with van der Waals surface area (Å²) in [5.74, 6) is 0. The lowest BCUT2D eigenvalue weighted by Crippen LogP contribution is -2.44. The van der Waals surface area contributed by atoms with Crippen molar-refractivity contribution in [3.8, 4) is 0 Å². The van der Waals surface area contributed by atoms with E-state index in [1.54, 1.807) is 0 Å². The van der Waals surface area contributed by atoms with E-state index in [9.17, 15) is 0 Å². The smallest absolute Gasteiger partial charge is 0.0593 e. The molecule has 0 aromatic carbocycles. The lowest BCUT2D eigenvalue weighted by atomic mass is 10.0. The first kappa shape index (κ1) is 13.9. The van der Waals surface area contributed by atoms with E-state index < -0.39 is 0 Å². The summed E-state index contributed by atoms with van der Waals surface area (Å²) in [6.45, 7) is 10.9. The van der Waals surface area contributed by atoms with Crippen molar-refractivity contribution in [1.82, 2.24) is 10.2 Å². The summed E-state index contributed by atoms with van der Waals surface area (Å²) in [6, 6.07) is 0.784. The molecule has 0 unspecified atom stereocenters. The van der Waals surface area contributed by atoms with Gasteiger partial charge in [0.1, 0.15) is 0 Å². The van der Waals surface area contributed by atoms with Crippen molar-refractivity contribution >= 4 is 0 Å². The molecule has 96 valence electrons. The molecule has 0 aromatic heterocycles. The molecule has 1 fully saturated rings. The van der Waals surface area contributed by atoms with Crippen molar-refractivity contribution in [2.75, 3.05) is 39.4 Å². The number of nitrogens with one attached hydrogen (secondary N) is 1. The third-order valence-electron chi connectivity index (χ3n) is 3.21. The van der Waals surface area contributed by atoms with Crippen LogP contribution in [0.1, 0.15) is 39.5 Å². The molecule has 0 bridgehead atoms. The van der Waals surface area contributed by atoms with E-state index in [0.717, 1.165) is 32.2 Å². The lowest BCUT2D eigenvalue weighted by molar-refractivity contribution is 0.0783. The molecule has 0 aromatic rings. The molecule has 0 aliphatic carbocycles. The zero-order valence-electron chi connectivity index (χ0n) is 11.0. The van der Waals surface area contributed by atoms with Crippen LogP contribution in [0.5, 0.6) is 0 Å². The molecular formula is C13H28N2O. The normalized spacial score (nSPS) is 18.2. The topological polar surface area (TPSA) is 24.5 Å². The number of nitrogens with zero attached hydrogens (tertiary/aromatic N) is 1. The molecule has 0 saturated carbocycles. The summed E-state index contributed by atoms with van der Waals surface area (Å²) >= 11 is 0. The van der Waals surface area contributed by atoms with Gasteiger partial charge in [-0.15, -0.1) is 0 Å². The molecule has 3 nitrogen and oxygen atoms in total. The zero-order chi connectivity index (χ0) is 11.6. The van der Waals surface area contributed by atoms with Crippen LogP contribution in [-0.2, 0) is 4.74 Å². The van der Waals surface area contributed by atoms with Gasteiger partial charge in [-0.25, -0.2) is 0 Å². The zero-order valence-corrected chi connectivity index (χ0v) is 11.0. The number of hydrogen-bond acceptors (Lipinski definition) is 3. The van der Waals surface area contributed by atoms with Gasteiger partial charge in [0.25, 0.3) is 0 Å². The highest BCUT2D eigenvalue weighted by molar-refractivity contribution is 4.77.